The van der Waals surface area contributed by atoms with E-state index in [0.717, 1.165) is 39.0 Å². The number of hydrogen-bond donors (Lipinski definition) is 1. The zero-order chi connectivity index (χ0) is 21.0. The highest BCUT2D eigenvalue weighted by Crippen LogP contribution is 2.19. The van der Waals surface area contributed by atoms with E-state index in [9.17, 15) is 13.2 Å². The van der Waals surface area contributed by atoms with Crippen LogP contribution in [0.3, 0.4) is 0 Å². The molecule has 2 saturated heterocycles. The van der Waals surface area contributed by atoms with Gasteiger partial charge in [-0.1, -0.05) is 12.1 Å². The van der Waals surface area contributed by atoms with Gasteiger partial charge in [0.1, 0.15) is 0 Å². The Kier molecular flexibility index (Phi) is 7.32. The van der Waals surface area contributed by atoms with Crippen molar-refractivity contribution >= 4 is 15.9 Å². The van der Waals surface area contributed by atoms with Gasteiger partial charge in [0.05, 0.1) is 18.5 Å². The van der Waals surface area contributed by atoms with Crippen molar-refractivity contribution in [2.75, 3.05) is 39.0 Å². The van der Waals surface area contributed by atoms with Crippen LogP contribution in [-0.2, 0) is 21.3 Å². The zero-order valence-corrected chi connectivity index (χ0v) is 18.5. The Morgan fingerprint density at radius 1 is 1.14 bits per heavy atom. The third kappa shape index (κ3) is 6.77. The van der Waals surface area contributed by atoms with Crippen molar-refractivity contribution in [3.05, 3.63) is 35.4 Å². The van der Waals surface area contributed by atoms with Crippen LogP contribution >= 0.6 is 0 Å². The Labute approximate surface area is 174 Å². The van der Waals surface area contributed by atoms with Crippen molar-refractivity contribution < 1.29 is 17.9 Å². The van der Waals surface area contributed by atoms with E-state index in [-0.39, 0.29) is 24.0 Å². The third-order valence-corrected chi connectivity index (χ3v) is 6.23. The van der Waals surface area contributed by atoms with E-state index in [1.165, 1.54) is 11.8 Å². The summed E-state index contributed by atoms with van der Waals surface area (Å²) in [5.74, 6) is 0.182. The van der Waals surface area contributed by atoms with Gasteiger partial charge in [0.2, 0.25) is 10.0 Å². The SMILES string of the molecule is C[C@@H]1CN(Cc2ccc(C(=O)N3CCC[C@@H](CNS(C)(=O)=O)C3)cc2)C[C@@H](C)O1. The minimum atomic E-state index is -3.20. The van der Waals surface area contributed by atoms with Gasteiger partial charge in [0, 0.05) is 44.8 Å². The number of nitrogens with zero attached hydrogens (tertiary/aromatic N) is 2. The molecule has 1 N–H and O–H groups in total. The molecule has 162 valence electrons. The molecule has 2 aliphatic heterocycles. The molecule has 0 radical (unpaired) electrons. The topological polar surface area (TPSA) is 79.0 Å². The summed E-state index contributed by atoms with van der Waals surface area (Å²) in [5, 5.41) is 0. The fourth-order valence-corrected chi connectivity index (χ4v) is 4.83. The molecule has 0 saturated carbocycles. The lowest BCUT2D eigenvalue weighted by Gasteiger charge is -2.35. The van der Waals surface area contributed by atoms with Crippen LogP contribution < -0.4 is 4.72 Å². The Hall–Kier alpha value is -1.48. The van der Waals surface area contributed by atoms with Crippen LogP contribution in [0.25, 0.3) is 0 Å². The van der Waals surface area contributed by atoms with Gasteiger partial charge in [-0.15, -0.1) is 0 Å². The molecule has 0 bridgehead atoms. The summed E-state index contributed by atoms with van der Waals surface area (Å²) in [6.45, 7) is 8.59. The number of morpholine rings is 1. The standard InChI is InChI=1S/C21H33N3O4S/c1-16-12-23(13-17(2)28-16)14-18-6-8-20(9-7-18)21(25)24-10-4-5-19(15-24)11-22-29(3,26)27/h6-9,16-17,19,22H,4-5,10-15H2,1-3H3/t16-,17-,19+/m1/s1. The highest BCUT2D eigenvalue weighted by molar-refractivity contribution is 7.88. The molecule has 0 unspecified atom stereocenters. The van der Waals surface area contributed by atoms with Gasteiger partial charge in [0.25, 0.3) is 5.91 Å². The van der Waals surface area contributed by atoms with E-state index < -0.39 is 10.0 Å². The molecule has 1 aromatic rings. The van der Waals surface area contributed by atoms with Crippen LogP contribution in [0.2, 0.25) is 0 Å². The fourth-order valence-electron chi connectivity index (χ4n) is 4.29. The van der Waals surface area contributed by atoms with Crippen LogP contribution in [0.1, 0.15) is 42.6 Å². The average Bonchev–Trinajstić information content (AvgIpc) is 2.65. The number of likely N-dealkylation sites (tertiary alicyclic amines) is 1. The second kappa shape index (κ2) is 9.55. The van der Waals surface area contributed by atoms with Gasteiger partial charge in [-0.2, -0.15) is 0 Å². The van der Waals surface area contributed by atoms with Gasteiger partial charge in [-0.3, -0.25) is 9.69 Å². The Morgan fingerprint density at radius 2 is 1.79 bits per heavy atom. The van der Waals surface area contributed by atoms with E-state index in [0.29, 0.717) is 18.7 Å². The summed E-state index contributed by atoms with van der Waals surface area (Å²) in [5.41, 5.74) is 1.88. The zero-order valence-electron chi connectivity index (χ0n) is 17.6. The van der Waals surface area contributed by atoms with Crippen LogP contribution in [0.5, 0.6) is 0 Å². The van der Waals surface area contributed by atoms with E-state index in [1.807, 2.05) is 29.2 Å². The van der Waals surface area contributed by atoms with Crippen molar-refractivity contribution in [1.29, 1.82) is 0 Å². The number of sulfonamides is 1. The highest BCUT2D eigenvalue weighted by atomic mass is 32.2. The molecule has 1 aromatic carbocycles. The quantitative estimate of drug-likeness (QED) is 0.753. The van der Waals surface area contributed by atoms with E-state index >= 15 is 0 Å². The second-order valence-electron chi connectivity index (χ2n) is 8.53. The average molecular weight is 424 g/mol. The molecular weight excluding hydrogens is 390 g/mol. The molecule has 3 rings (SSSR count). The van der Waals surface area contributed by atoms with Crippen LogP contribution in [0.15, 0.2) is 24.3 Å². The number of benzene rings is 1. The summed E-state index contributed by atoms with van der Waals surface area (Å²) >= 11 is 0. The monoisotopic (exact) mass is 423 g/mol. The first-order chi connectivity index (χ1) is 13.7. The molecule has 0 spiro atoms. The van der Waals surface area contributed by atoms with Crippen LogP contribution in [-0.4, -0.2) is 75.3 Å². The van der Waals surface area contributed by atoms with Gasteiger partial charge in [-0.05, 0) is 50.3 Å². The number of piperidine rings is 1. The molecule has 2 fully saturated rings. The third-order valence-electron chi connectivity index (χ3n) is 5.54. The molecule has 3 atom stereocenters. The van der Waals surface area contributed by atoms with Crippen molar-refractivity contribution in [3.8, 4) is 0 Å². The van der Waals surface area contributed by atoms with Crippen molar-refractivity contribution in [1.82, 2.24) is 14.5 Å². The summed E-state index contributed by atoms with van der Waals surface area (Å²) in [6.07, 6.45) is 3.47. The highest BCUT2D eigenvalue weighted by Gasteiger charge is 2.25. The van der Waals surface area contributed by atoms with Gasteiger partial charge in [-0.25, -0.2) is 13.1 Å². The molecular formula is C21H33N3O4S. The first kappa shape index (κ1) is 22.2. The number of ether oxygens (including phenoxy) is 1. The van der Waals surface area contributed by atoms with Crippen molar-refractivity contribution in [2.45, 2.75) is 45.4 Å². The Bertz CT molecular complexity index is 787. The molecule has 1 amide bonds. The minimum Gasteiger partial charge on any atom is -0.373 e. The number of rotatable bonds is 6. The second-order valence-corrected chi connectivity index (χ2v) is 10.4. The number of amides is 1. The minimum absolute atomic E-state index is 0.0224. The summed E-state index contributed by atoms with van der Waals surface area (Å²) in [7, 11) is -3.20. The Balaban J connectivity index is 1.55. The lowest BCUT2D eigenvalue weighted by Crippen LogP contribution is -2.44. The first-order valence-corrected chi connectivity index (χ1v) is 12.3. The van der Waals surface area contributed by atoms with E-state index in [1.54, 1.807) is 0 Å². The number of nitrogens with one attached hydrogen (secondary N) is 1. The molecule has 0 aliphatic carbocycles. The van der Waals surface area contributed by atoms with Crippen molar-refractivity contribution in [3.63, 3.8) is 0 Å². The summed E-state index contributed by atoms with van der Waals surface area (Å²) < 4.78 is 31.0. The lowest BCUT2D eigenvalue weighted by atomic mass is 9.97. The number of carbonyl (C=O) groups excluding carboxylic acids is 1. The summed E-state index contributed by atoms with van der Waals surface area (Å²) in [6, 6.07) is 7.88. The smallest absolute Gasteiger partial charge is 0.253 e. The molecule has 29 heavy (non-hydrogen) atoms. The first-order valence-electron chi connectivity index (χ1n) is 10.4. The van der Waals surface area contributed by atoms with Gasteiger partial charge in [0.15, 0.2) is 0 Å². The van der Waals surface area contributed by atoms with E-state index in [4.69, 9.17) is 4.74 Å². The lowest BCUT2D eigenvalue weighted by molar-refractivity contribution is -0.0704. The Morgan fingerprint density at radius 3 is 2.41 bits per heavy atom. The maximum atomic E-state index is 12.9. The maximum absolute atomic E-state index is 12.9. The van der Waals surface area contributed by atoms with Gasteiger partial charge < -0.3 is 9.64 Å². The summed E-state index contributed by atoms with van der Waals surface area (Å²) in [4.78, 5) is 17.1. The van der Waals surface area contributed by atoms with Gasteiger partial charge >= 0.3 is 0 Å². The molecule has 2 heterocycles. The normalized spacial score (nSPS) is 26.4. The van der Waals surface area contributed by atoms with Crippen molar-refractivity contribution in [2.24, 2.45) is 5.92 Å². The molecule has 2 aliphatic rings. The molecule has 8 heteroatoms. The number of carbonyl (C=O) groups is 1. The predicted octanol–water partition coefficient (Wildman–Crippen LogP) is 1.70. The largest absolute Gasteiger partial charge is 0.373 e. The van der Waals surface area contributed by atoms with Crippen LogP contribution in [0.4, 0.5) is 0 Å². The van der Waals surface area contributed by atoms with Crippen LogP contribution in [0, 0.1) is 5.92 Å². The maximum Gasteiger partial charge on any atom is 0.253 e. The number of hydrogen-bond acceptors (Lipinski definition) is 5. The molecule has 7 nitrogen and oxygen atoms in total. The fraction of sp³-hybridized carbons (Fsp3) is 0.667. The van der Waals surface area contributed by atoms with E-state index in [2.05, 4.69) is 23.5 Å². The molecule has 0 aromatic heterocycles. The predicted molar refractivity (Wildman–Crippen MR) is 113 cm³/mol.